The number of aliphatic hydroxyl groups is 1. The summed E-state index contributed by atoms with van der Waals surface area (Å²) in [5, 5.41) is 18.6. The van der Waals surface area contributed by atoms with Gasteiger partial charge in [0.1, 0.15) is 12.9 Å². The molecular formula is C21H27BrN5O2+. The molecule has 4 rings (SSSR count). The van der Waals surface area contributed by atoms with E-state index in [4.69, 9.17) is 9.82 Å². The lowest BCUT2D eigenvalue weighted by Crippen LogP contribution is -2.40. The lowest BCUT2D eigenvalue weighted by atomic mass is 9.81. The molecular weight excluding hydrogens is 434 g/mol. The van der Waals surface area contributed by atoms with Gasteiger partial charge in [-0.05, 0) is 54.6 Å². The minimum atomic E-state index is -0.724. The SMILES string of the molecule is CO[n+]1cccc(CNc2cc(C3CCC[C@H]3C(C)(C)O)nc3c(Br)cnn23)c1. The van der Waals surface area contributed by atoms with Gasteiger partial charge in [0.15, 0.2) is 5.65 Å². The van der Waals surface area contributed by atoms with Crippen molar-refractivity contribution in [2.24, 2.45) is 5.92 Å². The Bertz CT molecular complexity index is 1010. The average Bonchev–Trinajstić information content (AvgIpc) is 3.33. The minimum Gasteiger partial charge on any atom is -0.390 e. The number of halogens is 1. The maximum absolute atomic E-state index is 10.7. The molecule has 3 aromatic rings. The highest BCUT2D eigenvalue weighted by molar-refractivity contribution is 9.10. The van der Waals surface area contributed by atoms with Crippen LogP contribution in [0.5, 0.6) is 0 Å². The summed E-state index contributed by atoms with van der Waals surface area (Å²) in [4.78, 5) is 10.1. The zero-order valence-electron chi connectivity index (χ0n) is 17.0. The summed E-state index contributed by atoms with van der Waals surface area (Å²) in [6.45, 7) is 4.44. The van der Waals surface area contributed by atoms with Gasteiger partial charge < -0.3 is 10.4 Å². The van der Waals surface area contributed by atoms with Gasteiger partial charge in [-0.15, -0.1) is 0 Å². The molecule has 0 radical (unpaired) electrons. The molecule has 1 fully saturated rings. The predicted octanol–water partition coefficient (Wildman–Crippen LogP) is 3.10. The van der Waals surface area contributed by atoms with Gasteiger partial charge in [-0.2, -0.15) is 9.61 Å². The van der Waals surface area contributed by atoms with Crippen molar-refractivity contribution in [2.45, 2.75) is 51.2 Å². The maximum Gasteiger partial charge on any atom is 0.227 e. The van der Waals surface area contributed by atoms with Gasteiger partial charge in [0, 0.05) is 34.9 Å². The van der Waals surface area contributed by atoms with Gasteiger partial charge in [0.2, 0.25) is 12.4 Å². The van der Waals surface area contributed by atoms with Crippen molar-refractivity contribution in [1.29, 1.82) is 0 Å². The van der Waals surface area contributed by atoms with Crippen molar-refractivity contribution in [3.05, 3.63) is 52.5 Å². The van der Waals surface area contributed by atoms with Crippen LogP contribution in [-0.2, 0) is 6.54 Å². The Hall–Kier alpha value is -2.19. The third-order valence-corrected chi connectivity index (χ3v) is 6.33. The molecule has 1 saturated carbocycles. The molecule has 7 nitrogen and oxygen atoms in total. The summed E-state index contributed by atoms with van der Waals surface area (Å²) in [5.41, 5.74) is 2.15. The van der Waals surface area contributed by atoms with E-state index in [0.717, 1.165) is 46.5 Å². The second-order valence-electron chi connectivity index (χ2n) is 8.20. The molecule has 0 amide bonds. The number of hydrogen-bond acceptors (Lipinski definition) is 5. The molecule has 1 aliphatic rings. The van der Waals surface area contributed by atoms with Crippen molar-refractivity contribution in [2.75, 3.05) is 12.4 Å². The van der Waals surface area contributed by atoms with Crippen LogP contribution in [-0.4, -0.2) is 32.4 Å². The molecule has 29 heavy (non-hydrogen) atoms. The Morgan fingerprint density at radius 2 is 2.24 bits per heavy atom. The first-order chi connectivity index (χ1) is 13.9. The number of aromatic nitrogens is 4. The van der Waals surface area contributed by atoms with Gasteiger partial charge in [-0.25, -0.2) is 4.98 Å². The summed E-state index contributed by atoms with van der Waals surface area (Å²) < 4.78 is 4.34. The molecule has 2 N–H and O–H groups in total. The number of nitrogens with zero attached hydrogens (tertiary/aromatic N) is 4. The van der Waals surface area contributed by atoms with E-state index in [-0.39, 0.29) is 11.8 Å². The molecule has 0 spiro atoms. The number of rotatable bonds is 6. The van der Waals surface area contributed by atoms with Crippen LogP contribution in [0, 0.1) is 5.92 Å². The van der Waals surface area contributed by atoms with Gasteiger partial charge in [-0.3, -0.25) is 4.84 Å². The van der Waals surface area contributed by atoms with E-state index >= 15 is 0 Å². The number of pyridine rings is 1. The van der Waals surface area contributed by atoms with Gasteiger partial charge in [0.25, 0.3) is 0 Å². The molecule has 2 atom stereocenters. The van der Waals surface area contributed by atoms with Gasteiger partial charge in [0.05, 0.1) is 22.0 Å². The second-order valence-corrected chi connectivity index (χ2v) is 9.05. The molecule has 3 heterocycles. The number of nitrogens with one attached hydrogen (secondary N) is 1. The second kappa shape index (κ2) is 7.91. The van der Waals surface area contributed by atoms with Crippen LogP contribution < -0.4 is 14.9 Å². The summed E-state index contributed by atoms with van der Waals surface area (Å²) >= 11 is 3.57. The Kier molecular flexibility index (Phi) is 5.48. The third kappa shape index (κ3) is 4.09. The highest BCUT2D eigenvalue weighted by Gasteiger charge is 2.39. The van der Waals surface area contributed by atoms with Crippen LogP contribution in [0.3, 0.4) is 0 Å². The van der Waals surface area contributed by atoms with Crippen molar-refractivity contribution < 1.29 is 14.7 Å². The Balaban J connectivity index is 1.68. The third-order valence-electron chi connectivity index (χ3n) is 5.77. The normalized spacial score (nSPS) is 19.6. The largest absolute Gasteiger partial charge is 0.390 e. The van der Waals surface area contributed by atoms with Gasteiger partial charge >= 0.3 is 0 Å². The Labute approximate surface area is 178 Å². The minimum absolute atomic E-state index is 0.196. The summed E-state index contributed by atoms with van der Waals surface area (Å²) in [7, 11) is 1.64. The standard InChI is InChI=1S/C21H27BrN5O2/c1-21(2,28)16-8-4-7-15(16)18-10-19(27-20(25-18)17(22)12-24-27)23-11-14-6-5-9-26(13-14)29-3/h5-6,9-10,12-13,15-16,23,28H,4,7-8,11H2,1-3H3/q+1/t15?,16-/m1/s1. The van der Waals surface area contributed by atoms with E-state index in [1.54, 1.807) is 18.0 Å². The molecule has 0 aliphatic heterocycles. The molecule has 0 aromatic carbocycles. The summed E-state index contributed by atoms with van der Waals surface area (Å²) in [6.07, 6.45) is 8.72. The zero-order chi connectivity index (χ0) is 20.6. The highest BCUT2D eigenvalue weighted by atomic mass is 79.9. The molecule has 8 heteroatoms. The fourth-order valence-electron chi connectivity index (χ4n) is 4.34. The topological polar surface area (TPSA) is 75.6 Å². The smallest absolute Gasteiger partial charge is 0.227 e. The number of fused-ring (bicyclic) bond motifs is 1. The molecule has 154 valence electrons. The van der Waals surface area contributed by atoms with Gasteiger partial charge in [-0.1, -0.05) is 6.42 Å². The first-order valence-electron chi connectivity index (χ1n) is 9.92. The van der Waals surface area contributed by atoms with Crippen LogP contribution in [0.4, 0.5) is 5.82 Å². The molecule has 0 saturated heterocycles. The number of anilines is 1. The van der Waals surface area contributed by atoms with Crippen LogP contribution in [0.2, 0.25) is 0 Å². The van der Waals surface area contributed by atoms with Crippen LogP contribution >= 0.6 is 15.9 Å². The highest BCUT2D eigenvalue weighted by Crippen LogP contribution is 2.45. The van der Waals surface area contributed by atoms with Crippen LogP contribution in [0.1, 0.15) is 50.3 Å². The molecule has 0 bridgehead atoms. The van der Waals surface area contributed by atoms with Crippen molar-refractivity contribution in [3.63, 3.8) is 0 Å². The number of hydrogen-bond donors (Lipinski definition) is 2. The van der Waals surface area contributed by atoms with E-state index in [1.807, 2.05) is 42.9 Å². The fourth-order valence-corrected chi connectivity index (χ4v) is 4.69. The van der Waals surface area contributed by atoms with Crippen molar-refractivity contribution >= 4 is 27.4 Å². The maximum atomic E-state index is 10.7. The monoisotopic (exact) mass is 460 g/mol. The Morgan fingerprint density at radius 1 is 1.41 bits per heavy atom. The van der Waals surface area contributed by atoms with E-state index in [1.165, 1.54) is 0 Å². The van der Waals surface area contributed by atoms with E-state index in [2.05, 4.69) is 32.4 Å². The van der Waals surface area contributed by atoms with Crippen molar-refractivity contribution in [1.82, 2.24) is 14.6 Å². The van der Waals surface area contributed by atoms with Crippen LogP contribution in [0.25, 0.3) is 5.65 Å². The quantitative estimate of drug-likeness (QED) is 0.552. The average molecular weight is 461 g/mol. The first kappa shape index (κ1) is 20.1. The molecule has 1 unspecified atom stereocenters. The summed E-state index contributed by atoms with van der Waals surface area (Å²) in [5.74, 6) is 1.31. The van der Waals surface area contributed by atoms with E-state index in [9.17, 15) is 5.11 Å². The first-order valence-corrected chi connectivity index (χ1v) is 10.7. The lowest BCUT2D eigenvalue weighted by molar-refractivity contribution is -0.885. The fraction of sp³-hybridized carbons (Fsp3) is 0.476. The Morgan fingerprint density at radius 3 is 3.00 bits per heavy atom. The zero-order valence-corrected chi connectivity index (χ0v) is 18.6. The lowest BCUT2D eigenvalue weighted by Gasteiger charge is -2.31. The molecule has 1 aliphatic carbocycles. The van der Waals surface area contributed by atoms with E-state index < -0.39 is 5.60 Å². The van der Waals surface area contributed by atoms with Crippen molar-refractivity contribution in [3.8, 4) is 0 Å². The molecule has 3 aromatic heterocycles. The predicted molar refractivity (Wildman–Crippen MR) is 114 cm³/mol. The van der Waals surface area contributed by atoms with E-state index in [0.29, 0.717) is 6.54 Å². The summed E-state index contributed by atoms with van der Waals surface area (Å²) in [6, 6.07) is 6.07. The van der Waals surface area contributed by atoms with Crippen LogP contribution in [0.15, 0.2) is 41.3 Å².